The van der Waals surface area contributed by atoms with Gasteiger partial charge < -0.3 is 15.7 Å². The van der Waals surface area contributed by atoms with Crippen LogP contribution in [-0.4, -0.2) is 43.6 Å². The van der Waals surface area contributed by atoms with Crippen molar-refractivity contribution >= 4 is 28.8 Å². The summed E-state index contributed by atoms with van der Waals surface area (Å²) in [4.78, 5) is 22.3. The van der Waals surface area contributed by atoms with Gasteiger partial charge in [0.2, 0.25) is 0 Å². The Bertz CT molecular complexity index is 1110. The Morgan fingerprint density at radius 1 is 1.26 bits per heavy atom. The van der Waals surface area contributed by atoms with E-state index < -0.39 is 0 Å². The lowest BCUT2D eigenvalue weighted by Gasteiger charge is -2.13. The van der Waals surface area contributed by atoms with Crippen LogP contribution in [0.5, 0.6) is 0 Å². The first-order valence-electron chi connectivity index (χ1n) is 11.1. The molecule has 3 N–H and O–H groups in total. The van der Waals surface area contributed by atoms with Gasteiger partial charge in [-0.15, -0.1) is 0 Å². The van der Waals surface area contributed by atoms with Gasteiger partial charge in [0, 0.05) is 25.7 Å². The number of fused-ring (bicyclic) bond motifs is 1. The molecule has 1 unspecified atom stereocenters. The Morgan fingerprint density at radius 3 is 2.84 bits per heavy atom. The highest BCUT2D eigenvalue weighted by molar-refractivity contribution is 6.01. The number of aliphatic hydroxyl groups is 1. The van der Waals surface area contributed by atoms with E-state index in [9.17, 15) is 9.90 Å². The van der Waals surface area contributed by atoms with Gasteiger partial charge >= 0.3 is 0 Å². The molecule has 0 spiro atoms. The van der Waals surface area contributed by atoms with Gasteiger partial charge in [-0.3, -0.25) is 9.78 Å². The molecule has 162 valence electrons. The predicted octanol–water partition coefficient (Wildman–Crippen LogP) is 3.60. The van der Waals surface area contributed by atoms with Gasteiger partial charge in [0.05, 0.1) is 29.2 Å². The van der Waals surface area contributed by atoms with E-state index >= 15 is 0 Å². The number of carbonyl (C=O) groups excluding carboxylic acids is 1. The van der Waals surface area contributed by atoms with Crippen LogP contribution in [0.15, 0.2) is 30.6 Å². The van der Waals surface area contributed by atoms with Crippen molar-refractivity contribution in [3.05, 3.63) is 41.9 Å². The first kappa shape index (κ1) is 19.9. The molecule has 0 aromatic carbocycles. The van der Waals surface area contributed by atoms with E-state index in [2.05, 4.69) is 20.7 Å². The number of anilines is 3. The molecule has 3 heterocycles. The fraction of sp³-hybridized carbons (Fsp3) is 0.478. The van der Waals surface area contributed by atoms with Gasteiger partial charge in [-0.2, -0.15) is 9.61 Å². The van der Waals surface area contributed by atoms with E-state index in [1.807, 2.05) is 31.4 Å². The summed E-state index contributed by atoms with van der Waals surface area (Å²) in [6.07, 6.45) is 9.42. The number of pyridine rings is 1. The highest BCUT2D eigenvalue weighted by atomic mass is 16.3. The third-order valence-electron chi connectivity index (χ3n) is 6.35. The van der Waals surface area contributed by atoms with Crippen LogP contribution in [0.2, 0.25) is 0 Å². The van der Waals surface area contributed by atoms with Crippen LogP contribution in [0.1, 0.15) is 54.6 Å². The predicted molar refractivity (Wildman–Crippen MR) is 119 cm³/mol. The van der Waals surface area contributed by atoms with Crippen LogP contribution in [0, 0.1) is 11.8 Å². The highest BCUT2D eigenvalue weighted by Crippen LogP contribution is 2.35. The molecule has 0 amide bonds. The maximum absolute atomic E-state index is 13.0. The maximum atomic E-state index is 13.0. The van der Waals surface area contributed by atoms with Crippen LogP contribution in [0.4, 0.5) is 17.3 Å². The SMILES string of the molecule is CNc1cc(Nc2cccnc2CC2CC2)nc2c(C(=O)CC3CC[C@H](O)C3)cnn12. The third-order valence-corrected chi connectivity index (χ3v) is 6.35. The van der Waals surface area contributed by atoms with E-state index in [1.54, 1.807) is 10.7 Å². The van der Waals surface area contributed by atoms with Crippen LogP contribution in [0.3, 0.4) is 0 Å². The van der Waals surface area contributed by atoms with Crippen molar-refractivity contribution < 1.29 is 9.90 Å². The second-order valence-electron chi connectivity index (χ2n) is 8.80. The summed E-state index contributed by atoms with van der Waals surface area (Å²) in [5.41, 5.74) is 3.04. The minimum absolute atomic E-state index is 0.0246. The zero-order chi connectivity index (χ0) is 21.4. The van der Waals surface area contributed by atoms with E-state index in [4.69, 9.17) is 4.98 Å². The molecule has 8 heteroatoms. The molecular formula is C23H28N6O2. The smallest absolute Gasteiger partial charge is 0.170 e. The van der Waals surface area contributed by atoms with Crippen molar-refractivity contribution in [3.63, 3.8) is 0 Å². The van der Waals surface area contributed by atoms with Gasteiger partial charge in [0.25, 0.3) is 0 Å². The van der Waals surface area contributed by atoms with Crippen molar-refractivity contribution in [2.75, 3.05) is 17.7 Å². The van der Waals surface area contributed by atoms with Crippen molar-refractivity contribution in [3.8, 4) is 0 Å². The Kier molecular flexibility index (Phi) is 5.31. The van der Waals surface area contributed by atoms with Gasteiger partial charge in [-0.1, -0.05) is 0 Å². The Balaban J connectivity index is 1.44. The molecule has 2 aliphatic carbocycles. The minimum atomic E-state index is -0.282. The summed E-state index contributed by atoms with van der Waals surface area (Å²) in [7, 11) is 1.82. The second-order valence-corrected chi connectivity index (χ2v) is 8.80. The molecule has 0 bridgehead atoms. The van der Waals surface area contributed by atoms with Crippen molar-refractivity contribution in [1.82, 2.24) is 19.6 Å². The largest absolute Gasteiger partial charge is 0.393 e. The summed E-state index contributed by atoms with van der Waals surface area (Å²) < 4.78 is 1.66. The Labute approximate surface area is 181 Å². The number of nitrogens with one attached hydrogen (secondary N) is 2. The lowest BCUT2D eigenvalue weighted by atomic mass is 9.98. The average Bonchev–Trinajstić information content (AvgIpc) is 3.32. The third kappa shape index (κ3) is 4.25. The van der Waals surface area contributed by atoms with E-state index in [0.717, 1.165) is 42.4 Å². The normalized spacial score (nSPS) is 20.8. The van der Waals surface area contributed by atoms with Crippen LogP contribution < -0.4 is 10.6 Å². The molecule has 0 saturated heterocycles. The molecule has 5 rings (SSSR count). The number of nitrogens with zero attached hydrogens (tertiary/aromatic N) is 4. The molecule has 2 atom stereocenters. The fourth-order valence-electron chi connectivity index (χ4n) is 4.46. The number of aromatic nitrogens is 4. The van der Waals surface area contributed by atoms with Gasteiger partial charge in [0.15, 0.2) is 11.4 Å². The number of ketones is 1. The topological polar surface area (TPSA) is 104 Å². The molecule has 2 aliphatic rings. The molecule has 31 heavy (non-hydrogen) atoms. The average molecular weight is 421 g/mol. The Hall–Kier alpha value is -3.00. The van der Waals surface area contributed by atoms with Crippen molar-refractivity contribution in [1.29, 1.82) is 0 Å². The lowest BCUT2D eigenvalue weighted by molar-refractivity contribution is 0.0959. The number of hydrogen-bond acceptors (Lipinski definition) is 7. The molecule has 8 nitrogen and oxygen atoms in total. The Morgan fingerprint density at radius 2 is 2.10 bits per heavy atom. The quantitative estimate of drug-likeness (QED) is 0.478. The number of rotatable bonds is 8. The lowest BCUT2D eigenvalue weighted by Crippen LogP contribution is -2.09. The summed E-state index contributed by atoms with van der Waals surface area (Å²) in [5.74, 6) is 2.37. The number of carbonyl (C=O) groups is 1. The van der Waals surface area contributed by atoms with Crippen LogP contribution in [-0.2, 0) is 6.42 Å². The standard InChI is InChI=1S/C23H28N6O2/c1-24-22-12-21(27-18-3-2-8-25-19(18)10-14-4-5-14)28-23-17(13-26-29(22)23)20(31)11-15-6-7-16(30)9-15/h2-3,8,12-16,24,30H,4-7,9-11H2,1H3,(H,27,28)/t15?,16-/m0/s1. The summed E-state index contributed by atoms with van der Waals surface area (Å²) in [6.45, 7) is 0. The molecule has 2 fully saturated rings. The van der Waals surface area contributed by atoms with Gasteiger partial charge in [-0.05, 0) is 62.5 Å². The number of aliphatic hydroxyl groups excluding tert-OH is 1. The minimum Gasteiger partial charge on any atom is -0.393 e. The fourth-order valence-corrected chi connectivity index (χ4v) is 4.46. The van der Waals surface area contributed by atoms with Crippen molar-refractivity contribution in [2.24, 2.45) is 11.8 Å². The first-order chi connectivity index (χ1) is 15.1. The van der Waals surface area contributed by atoms with Gasteiger partial charge in [-0.25, -0.2) is 4.98 Å². The van der Waals surface area contributed by atoms with E-state index in [1.165, 1.54) is 12.8 Å². The maximum Gasteiger partial charge on any atom is 0.170 e. The molecular weight excluding hydrogens is 392 g/mol. The van der Waals surface area contributed by atoms with Crippen LogP contribution in [0.25, 0.3) is 5.65 Å². The zero-order valence-electron chi connectivity index (χ0n) is 17.7. The summed E-state index contributed by atoms with van der Waals surface area (Å²) in [6, 6.07) is 5.82. The number of hydrogen-bond donors (Lipinski definition) is 3. The monoisotopic (exact) mass is 420 g/mol. The summed E-state index contributed by atoms with van der Waals surface area (Å²) in [5, 5.41) is 20.7. The van der Waals surface area contributed by atoms with E-state index in [0.29, 0.717) is 29.9 Å². The molecule has 2 saturated carbocycles. The van der Waals surface area contributed by atoms with Crippen LogP contribution >= 0.6 is 0 Å². The molecule has 3 aromatic rings. The molecule has 3 aromatic heterocycles. The highest BCUT2D eigenvalue weighted by Gasteiger charge is 2.27. The molecule has 0 aliphatic heterocycles. The van der Waals surface area contributed by atoms with Crippen molar-refractivity contribution in [2.45, 2.75) is 51.0 Å². The molecule has 0 radical (unpaired) electrons. The summed E-state index contributed by atoms with van der Waals surface area (Å²) >= 11 is 0. The van der Waals surface area contributed by atoms with E-state index in [-0.39, 0.29) is 17.8 Å². The zero-order valence-corrected chi connectivity index (χ0v) is 17.7. The first-order valence-corrected chi connectivity index (χ1v) is 11.1. The number of Topliss-reactive ketones (excluding diaryl/α,β-unsaturated/α-hetero) is 1. The van der Waals surface area contributed by atoms with Gasteiger partial charge in [0.1, 0.15) is 11.6 Å². The second kappa shape index (κ2) is 8.26.